The molecule has 190 valence electrons. The van der Waals surface area contributed by atoms with Gasteiger partial charge in [0.1, 0.15) is 10.6 Å². The number of benzene rings is 2. The fraction of sp³-hybridized carbons (Fsp3) is 0.160. The Bertz CT molecular complexity index is 1440. The van der Waals surface area contributed by atoms with Crippen molar-refractivity contribution >= 4 is 28.3 Å². The summed E-state index contributed by atoms with van der Waals surface area (Å²) in [6, 6.07) is 12.5. The van der Waals surface area contributed by atoms with Gasteiger partial charge in [-0.2, -0.15) is 0 Å². The van der Waals surface area contributed by atoms with E-state index < -0.39 is 11.7 Å². The van der Waals surface area contributed by atoms with Gasteiger partial charge in [0, 0.05) is 12.6 Å². The average Bonchev–Trinajstić information content (AvgIpc) is 3.32. The fourth-order valence-corrected chi connectivity index (χ4v) is 4.18. The van der Waals surface area contributed by atoms with Gasteiger partial charge in [-0.25, -0.2) is 9.37 Å². The van der Waals surface area contributed by atoms with Crippen molar-refractivity contribution in [1.29, 1.82) is 0 Å². The van der Waals surface area contributed by atoms with E-state index in [-0.39, 0.29) is 29.5 Å². The van der Waals surface area contributed by atoms with Gasteiger partial charge in [0.05, 0.1) is 20.6 Å². The Kier molecular flexibility index (Phi) is 7.89. The van der Waals surface area contributed by atoms with Gasteiger partial charge < -0.3 is 25.3 Å². The SMILES string of the molecule is COc1ccc(Cc2nnc(NC(=O)Cc3ccc(Oc4ncccc4C(N)=O)c(F)c3)s2)cc1OC. The maximum Gasteiger partial charge on any atom is 0.254 e. The number of primary amides is 1. The number of ether oxygens (including phenoxy) is 3. The second-order valence-electron chi connectivity index (χ2n) is 7.68. The molecule has 0 aliphatic heterocycles. The molecule has 2 aromatic carbocycles. The number of halogens is 1. The topological polar surface area (TPSA) is 139 Å². The number of nitrogens with zero attached hydrogens (tertiary/aromatic N) is 3. The molecule has 12 heteroatoms. The minimum atomic E-state index is -0.750. The summed E-state index contributed by atoms with van der Waals surface area (Å²) in [5.41, 5.74) is 6.67. The second-order valence-corrected chi connectivity index (χ2v) is 8.74. The van der Waals surface area contributed by atoms with Crippen molar-refractivity contribution in [2.24, 2.45) is 5.73 Å². The number of rotatable bonds is 10. The summed E-state index contributed by atoms with van der Waals surface area (Å²) < 4.78 is 30.6. The van der Waals surface area contributed by atoms with Crippen LogP contribution < -0.4 is 25.3 Å². The summed E-state index contributed by atoms with van der Waals surface area (Å²) in [5.74, 6) is -0.897. The number of nitrogens with one attached hydrogen (secondary N) is 1. The molecular formula is C25H22FN5O5S. The number of carbonyl (C=O) groups is 2. The number of amides is 2. The monoisotopic (exact) mass is 523 g/mol. The van der Waals surface area contributed by atoms with E-state index in [9.17, 15) is 14.0 Å². The Morgan fingerprint density at radius 2 is 1.76 bits per heavy atom. The molecule has 0 aliphatic carbocycles. The first-order valence-corrected chi connectivity index (χ1v) is 11.7. The van der Waals surface area contributed by atoms with Crippen molar-refractivity contribution in [3.63, 3.8) is 0 Å². The molecule has 2 aromatic heterocycles. The Morgan fingerprint density at radius 1 is 1.00 bits per heavy atom. The molecule has 0 radical (unpaired) electrons. The van der Waals surface area contributed by atoms with Crippen molar-refractivity contribution in [3.05, 3.63) is 82.2 Å². The fourth-order valence-electron chi connectivity index (χ4n) is 3.39. The molecule has 0 spiro atoms. The number of carbonyl (C=O) groups excluding carboxylic acids is 2. The van der Waals surface area contributed by atoms with E-state index in [0.717, 1.165) is 5.56 Å². The molecule has 0 bridgehead atoms. The number of aromatic nitrogens is 3. The Balaban J connectivity index is 1.36. The first-order valence-electron chi connectivity index (χ1n) is 10.9. The zero-order chi connectivity index (χ0) is 26.4. The number of pyridine rings is 1. The van der Waals surface area contributed by atoms with Crippen molar-refractivity contribution < 1.29 is 28.2 Å². The van der Waals surface area contributed by atoms with E-state index in [0.29, 0.717) is 33.6 Å². The highest BCUT2D eigenvalue weighted by molar-refractivity contribution is 7.15. The van der Waals surface area contributed by atoms with Gasteiger partial charge in [0.15, 0.2) is 23.1 Å². The van der Waals surface area contributed by atoms with Crippen molar-refractivity contribution in [2.45, 2.75) is 12.8 Å². The third-order valence-electron chi connectivity index (χ3n) is 5.12. The third-order valence-corrected chi connectivity index (χ3v) is 5.96. The third kappa shape index (κ3) is 6.35. The number of methoxy groups -OCH3 is 2. The van der Waals surface area contributed by atoms with Crippen LogP contribution in [0.5, 0.6) is 23.1 Å². The van der Waals surface area contributed by atoms with Crippen LogP contribution in [-0.2, 0) is 17.6 Å². The van der Waals surface area contributed by atoms with Crippen LogP contribution >= 0.6 is 11.3 Å². The van der Waals surface area contributed by atoms with Gasteiger partial charge in [-0.1, -0.05) is 23.5 Å². The van der Waals surface area contributed by atoms with Crippen LogP contribution in [0.15, 0.2) is 54.7 Å². The van der Waals surface area contributed by atoms with Crippen LogP contribution in [0.4, 0.5) is 9.52 Å². The van der Waals surface area contributed by atoms with E-state index >= 15 is 0 Å². The molecule has 0 fully saturated rings. The van der Waals surface area contributed by atoms with E-state index in [1.807, 2.05) is 12.1 Å². The number of nitrogens with two attached hydrogens (primary N) is 1. The lowest BCUT2D eigenvalue weighted by molar-refractivity contribution is -0.115. The van der Waals surface area contributed by atoms with E-state index in [4.69, 9.17) is 19.9 Å². The summed E-state index contributed by atoms with van der Waals surface area (Å²) in [4.78, 5) is 27.9. The summed E-state index contributed by atoms with van der Waals surface area (Å²) in [6.45, 7) is 0. The van der Waals surface area contributed by atoms with Gasteiger partial charge in [0.2, 0.25) is 16.9 Å². The van der Waals surface area contributed by atoms with Crippen LogP contribution in [0.25, 0.3) is 0 Å². The zero-order valence-corrected chi connectivity index (χ0v) is 20.7. The van der Waals surface area contributed by atoms with E-state index in [1.165, 1.54) is 47.9 Å². The first kappa shape index (κ1) is 25.5. The molecule has 0 aliphatic rings. The molecule has 3 N–H and O–H groups in total. The van der Waals surface area contributed by atoms with Crippen LogP contribution in [-0.4, -0.2) is 41.2 Å². The summed E-state index contributed by atoms with van der Waals surface area (Å²) in [6.07, 6.45) is 1.79. The minimum Gasteiger partial charge on any atom is -0.493 e. The standard InChI is InChI=1S/C25H22FN5O5S/c1-34-19-8-6-15(11-20(19)35-2)13-22-30-31-25(37-22)29-21(32)12-14-5-7-18(17(26)10-14)36-24-16(23(27)33)4-3-9-28-24/h3-11H,12-13H2,1-2H3,(H2,27,33)(H,29,31,32). The molecule has 0 atom stereocenters. The van der Waals surface area contributed by atoms with E-state index in [1.54, 1.807) is 20.3 Å². The average molecular weight is 524 g/mol. The van der Waals surface area contributed by atoms with Gasteiger partial charge in [-0.3, -0.25) is 9.59 Å². The lowest BCUT2D eigenvalue weighted by Crippen LogP contribution is -2.14. The molecule has 10 nitrogen and oxygen atoms in total. The molecule has 4 aromatic rings. The van der Waals surface area contributed by atoms with Gasteiger partial charge in [-0.15, -0.1) is 10.2 Å². The minimum absolute atomic E-state index is 0.0212. The summed E-state index contributed by atoms with van der Waals surface area (Å²) in [7, 11) is 3.13. The molecule has 2 heterocycles. The van der Waals surface area contributed by atoms with E-state index in [2.05, 4.69) is 20.5 Å². The van der Waals surface area contributed by atoms with Gasteiger partial charge in [-0.05, 0) is 47.5 Å². The van der Waals surface area contributed by atoms with Gasteiger partial charge >= 0.3 is 0 Å². The highest BCUT2D eigenvalue weighted by Gasteiger charge is 2.15. The van der Waals surface area contributed by atoms with Crippen LogP contribution in [0, 0.1) is 5.82 Å². The normalized spacial score (nSPS) is 10.6. The Labute approximate surface area is 215 Å². The Hall–Kier alpha value is -4.58. The quantitative estimate of drug-likeness (QED) is 0.320. The molecule has 4 rings (SSSR count). The van der Waals surface area contributed by atoms with Crippen LogP contribution in [0.3, 0.4) is 0 Å². The second kappa shape index (κ2) is 11.4. The maximum absolute atomic E-state index is 14.6. The first-order chi connectivity index (χ1) is 17.9. The highest BCUT2D eigenvalue weighted by atomic mass is 32.1. The maximum atomic E-state index is 14.6. The molecule has 2 amide bonds. The van der Waals surface area contributed by atoms with Crippen molar-refractivity contribution in [3.8, 4) is 23.1 Å². The molecule has 0 unspecified atom stereocenters. The van der Waals surface area contributed by atoms with Crippen molar-refractivity contribution in [1.82, 2.24) is 15.2 Å². The lowest BCUT2D eigenvalue weighted by atomic mass is 10.1. The molecule has 0 saturated carbocycles. The molecule has 37 heavy (non-hydrogen) atoms. The number of hydrogen-bond acceptors (Lipinski definition) is 9. The van der Waals surface area contributed by atoms with Crippen LogP contribution in [0.1, 0.15) is 26.5 Å². The van der Waals surface area contributed by atoms with Crippen LogP contribution in [0.2, 0.25) is 0 Å². The molecular weight excluding hydrogens is 501 g/mol. The van der Waals surface area contributed by atoms with Crippen molar-refractivity contribution in [2.75, 3.05) is 19.5 Å². The smallest absolute Gasteiger partial charge is 0.254 e. The largest absolute Gasteiger partial charge is 0.493 e. The lowest BCUT2D eigenvalue weighted by Gasteiger charge is -2.09. The predicted molar refractivity (Wildman–Crippen MR) is 134 cm³/mol. The summed E-state index contributed by atoms with van der Waals surface area (Å²) >= 11 is 1.24. The highest BCUT2D eigenvalue weighted by Crippen LogP contribution is 2.30. The summed E-state index contributed by atoms with van der Waals surface area (Å²) in [5, 5.41) is 11.8. The number of hydrogen-bond donors (Lipinski definition) is 2. The zero-order valence-electron chi connectivity index (χ0n) is 19.9. The Morgan fingerprint density at radius 3 is 2.49 bits per heavy atom. The molecule has 0 saturated heterocycles. The predicted octanol–water partition coefficient (Wildman–Crippen LogP) is 3.75. The number of anilines is 1. The van der Waals surface area contributed by atoms with Gasteiger partial charge in [0.25, 0.3) is 5.91 Å².